The van der Waals surface area contributed by atoms with Crippen LogP contribution in [-0.4, -0.2) is 24.0 Å². The van der Waals surface area contributed by atoms with Gasteiger partial charge in [-0.25, -0.2) is 4.39 Å². The van der Waals surface area contributed by atoms with Crippen LogP contribution in [0.3, 0.4) is 0 Å². The highest BCUT2D eigenvalue weighted by Crippen LogP contribution is 2.26. The van der Waals surface area contributed by atoms with Gasteiger partial charge < -0.3 is 9.64 Å². The molecule has 1 amide bonds. The zero-order valence-corrected chi connectivity index (χ0v) is 12.4. The SMILES string of the molecule is CCN(C(=O)COc1ccccc1[N+](=O)[O-])c1ccc(F)cc1. The number of hydrogen-bond donors (Lipinski definition) is 0. The van der Waals surface area contributed by atoms with Crippen LogP contribution in [0, 0.1) is 15.9 Å². The molecule has 0 saturated carbocycles. The summed E-state index contributed by atoms with van der Waals surface area (Å²) in [6.07, 6.45) is 0. The third kappa shape index (κ3) is 4.03. The molecule has 0 atom stereocenters. The third-order valence-corrected chi connectivity index (χ3v) is 3.17. The molecule has 0 radical (unpaired) electrons. The largest absolute Gasteiger partial charge is 0.477 e. The number of nitrogens with zero attached hydrogens (tertiary/aromatic N) is 2. The molecule has 2 rings (SSSR count). The first-order valence-electron chi connectivity index (χ1n) is 6.95. The van der Waals surface area contributed by atoms with Gasteiger partial charge in [0.1, 0.15) is 5.82 Å². The zero-order valence-electron chi connectivity index (χ0n) is 12.4. The van der Waals surface area contributed by atoms with Gasteiger partial charge in [0.15, 0.2) is 12.4 Å². The Bertz CT molecular complexity index is 703. The van der Waals surface area contributed by atoms with Gasteiger partial charge in [0.2, 0.25) is 0 Å². The number of likely N-dealkylation sites (N-methyl/N-ethyl adjacent to an activating group) is 1. The van der Waals surface area contributed by atoms with Crippen molar-refractivity contribution in [3.63, 3.8) is 0 Å². The van der Waals surface area contributed by atoms with Gasteiger partial charge in [0.05, 0.1) is 4.92 Å². The molecule has 23 heavy (non-hydrogen) atoms. The second kappa shape index (κ2) is 7.35. The first-order valence-corrected chi connectivity index (χ1v) is 6.95. The summed E-state index contributed by atoms with van der Waals surface area (Å²) < 4.78 is 18.2. The average Bonchev–Trinajstić information content (AvgIpc) is 2.55. The van der Waals surface area contributed by atoms with Crippen LogP contribution >= 0.6 is 0 Å². The van der Waals surface area contributed by atoms with Crippen molar-refractivity contribution >= 4 is 17.3 Å². The zero-order chi connectivity index (χ0) is 16.8. The number of carbonyl (C=O) groups excluding carboxylic acids is 1. The molecule has 7 heteroatoms. The molecule has 0 heterocycles. The van der Waals surface area contributed by atoms with E-state index in [0.29, 0.717) is 12.2 Å². The summed E-state index contributed by atoms with van der Waals surface area (Å²) in [5.74, 6) is -0.744. The number of rotatable bonds is 6. The summed E-state index contributed by atoms with van der Waals surface area (Å²) in [4.78, 5) is 24.0. The van der Waals surface area contributed by atoms with Crippen molar-refractivity contribution in [1.82, 2.24) is 0 Å². The van der Waals surface area contributed by atoms with E-state index in [1.54, 1.807) is 13.0 Å². The summed E-state index contributed by atoms with van der Waals surface area (Å²) in [6, 6.07) is 11.3. The lowest BCUT2D eigenvalue weighted by atomic mass is 10.2. The Morgan fingerprint density at radius 3 is 2.48 bits per heavy atom. The van der Waals surface area contributed by atoms with Gasteiger partial charge in [-0.05, 0) is 37.3 Å². The number of para-hydroxylation sites is 2. The fraction of sp³-hybridized carbons (Fsp3) is 0.188. The maximum Gasteiger partial charge on any atom is 0.310 e. The van der Waals surface area contributed by atoms with Crippen LogP contribution in [0.25, 0.3) is 0 Å². The molecule has 0 spiro atoms. The minimum atomic E-state index is -0.572. The van der Waals surface area contributed by atoms with Gasteiger partial charge >= 0.3 is 5.69 Å². The summed E-state index contributed by atoms with van der Waals surface area (Å²) >= 11 is 0. The van der Waals surface area contributed by atoms with Gasteiger partial charge in [-0.15, -0.1) is 0 Å². The van der Waals surface area contributed by atoms with Gasteiger partial charge in [0, 0.05) is 18.3 Å². The predicted molar refractivity (Wildman–Crippen MR) is 83.0 cm³/mol. The molecule has 0 bridgehead atoms. The lowest BCUT2D eigenvalue weighted by Gasteiger charge is -2.21. The molecule has 120 valence electrons. The van der Waals surface area contributed by atoms with Crippen molar-refractivity contribution in [2.45, 2.75) is 6.92 Å². The van der Waals surface area contributed by atoms with Crippen LogP contribution in [-0.2, 0) is 4.79 Å². The van der Waals surface area contributed by atoms with Crippen LogP contribution in [0.2, 0.25) is 0 Å². The average molecular weight is 318 g/mol. The summed E-state index contributed by atoms with van der Waals surface area (Å²) in [7, 11) is 0. The summed E-state index contributed by atoms with van der Waals surface area (Å²) in [5, 5.41) is 10.9. The Morgan fingerprint density at radius 1 is 1.22 bits per heavy atom. The molecule has 0 aliphatic rings. The number of nitro benzene ring substituents is 1. The van der Waals surface area contributed by atoms with E-state index in [9.17, 15) is 19.3 Å². The fourth-order valence-corrected chi connectivity index (χ4v) is 2.07. The summed E-state index contributed by atoms with van der Waals surface area (Å²) in [6.45, 7) is 1.78. The van der Waals surface area contributed by atoms with E-state index in [1.807, 2.05) is 0 Å². The van der Waals surface area contributed by atoms with E-state index < -0.39 is 10.7 Å². The van der Waals surface area contributed by atoms with E-state index in [0.717, 1.165) is 0 Å². The molecular formula is C16H15FN2O4. The topological polar surface area (TPSA) is 72.7 Å². The maximum absolute atomic E-state index is 13.0. The predicted octanol–water partition coefficient (Wildman–Crippen LogP) is 3.17. The first-order chi connectivity index (χ1) is 11.0. The van der Waals surface area contributed by atoms with E-state index in [1.165, 1.54) is 47.4 Å². The van der Waals surface area contributed by atoms with E-state index in [-0.39, 0.29) is 24.0 Å². The number of hydrogen-bond acceptors (Lipinski definition) is 4. The highest BCUT2D eigenvalue weighted by molar-refractivity contribution is 5.94. The van der Waals surface area contributed by atoms with Crippen molar-refractivity contribution in [1.29, 1.82) is 0 Å². The van der Waals surface area contributed by atoms with E-state index in [4.69, 9.17) is 4.74 Å². The smallest absolute Gasteiger partial charge is 0.310 e. The Morgan fingerprint density at radius 2 is 1.87 bits per heavy atom. The highest BCUT2D eigenvalue weighted by atomic mass is 19.1. The number of amides is 1. The van der Waals surface area contributed by atoms with E-state index in [2.05, 4.69) is 0 Å². The van der Waals surface area contributed by atoms with Crippen molar-refractivity contribution in [2.24, 2.45) is 0 Å². The first kappa shape index (κ1) is 16.4. The molecule has 0 unspecified atom stereocenters. The van der Waals surface area contributed by atoms with Gasteiger partial charge in [-0.1, -0.05) is 12.1 Å². The number of nitro groups is 1. The monoisotopic (exact) mass is 318 g/mol. The molecule has 2 aromatic carbocycles. The van der Waals surface area contributed by atoms with Crippen molar-refractivity contribution in [3.05, 3.63) is 64.5 Å². The van der Waals surface area contributed by atoms with Crippen LogP contribution in [0.1, 0.15) is 6.92 Å². The minimum absolute atomic E-state index is 0.0287. The fourth-order valence-electron chi connectivity index (χ4n) is 2.07. The number of anilines is 1. The van der Waals surface area contributed by atoms with E-state index >= 15 is 0 Å². The van der Waals surface area contributed by atoms with Crippen LogP contribution in [0.4, 0.5) is 15.8 Å². The van der Waals surface area contributed by atoms with Gasteiger partial charge in [-0.3, -0.25) is 14.9 Å². The lowest BCUT2D eigenvalue weighted by Crippen LogP contribution is -2.34. The Hall–Kier alpha value is -2.96. The standard InChI is InChI=1S/C16H15FN2O4/c1-2-18(13-9-7-12(17)8-10-13)16(20)11-23-15-6-4-3-5-14(15)19(21)22/h3-10H,2,11H2,1H3. The molecule has 6 nitrogen and oxygen atoms in total. The second-order valence-corrected chi connectivity index (χ2v) is 4.63. The van der Waals surface area contributed by atoms with Crippen molar-refractivity contribution in [2.75, 3.05) is 18.1 Å². The molecule has 0 N–H and O–H groups in total. The van der Waals surface area contributed by atoms with Gasteiger partial charge in [0.25, 0.3) is 5.91 Å². The normalized spacial score (nSPS) is 10.2. The molecule has 0 fully saturated rings. The van der Waals surface area contributed by atoms with Crippen LogP contribution in [0.15, 0.2) is 48.5 Å². The molecule has 0 saturated heterocycles. The Labute approximate surface area is 132 Å². The van der Waals surface area contributed by atoms with Crippen molar-refractivity contribution < 1.29 is 18.8 Å². The number of carbonyl (C=O) groups is 1. The quantitative estimate of drug-likeness (QED) is 0.606. The maximum atomic E-state index is 13.0. The number of benzene rings is 2. The van der Waals surface area contributed by atoms with Crippen molar-refractivity contribution in [3.8, 4) is 5.75 Å². The van der Waals surface area contributed by atoms with Crippen LogP contribution in [0.5, 0.6) is 5.75 Å². The molecular weight excluding hydrogens is 303 g/mol. The Kier molecular flexibility index (Phi) is 5.24. The Balaban J connectivity index is 2.09. The summed E-state index contributed by atoms with van der Waals surface area (Å²) in [5.41, 5.74) is 0.329. The molecule has 0 aromatic heterocycles. The van der Waals surface area contributed by atoms with Gasteiger partial charge in [-0.2, -0.15) is 0 Å². The minimum Gasteiger partial charge on any atom is -0.477 e. The molecule has 0 aliphatic carbocycles. The number of ether oxygens (including phenoxy) is 1. The third-order valence-electron chi connectivity index (χ3n) is 3.17. The number of halogens is 1. The second-order valence-electron chi connectivity index (χ2n) is 4.63. The highest BCUT2D eigenvalue weighted by Gasteiger charge is 2.18. The molecule has 0 aliphatic heterocycles. The molecule has 2 aromatic rings. The van der Waals surface area contributed by atoms with Crippen LogP contribution < -0.4 is 9.64 Å². The lowest BCUT2D eigenvalue weighted by molar-refractivity contribution is -0.385.